The molecule has 2 aliphatic heterocycles. The number of morpholine rings is 1. The average molecular weight is 448 g/mol. The molecular formula is C25H29N5O3. The van der Waals surface area contributed by atoms with Crippen LogP contribution >= 0.6 is 0 Å². The van der Waals surface area contributed by atoms with E-state index in [9.17, 15) is 4.79 Å². The molecule has 0 aliphatic carbocycles. The van der Waals surface area contributed by atoms with Crippen molar-refractivity contribution in [3.05, 3.63) is 77.9 Å². The molecule has 2 fully saturated rings. The van der Waals surface area contributed by atoms with Gasteiger partial charge in [0.2, 0.25) is 0 Å². The van der Waals surface area contributed by atoms with Gasteiger partial charge in [-0.1, -0.05) is 18.2 Å². The summed E-state index contributed by atoms with van der Waals surface area (Å²) in [7, 11) is 3.57. The highest BCUT2D eigenvalue weighted by Crippen LogP contribution is 2.42. The predicted octanol–water partition coefficient (Wildman–Crippen LogP) is 2.22. The summed E-state index contributed by atoms with van der Waals surface area (Å²) in [6.07, 6.45) is 7.52. The van der Waals surface area contributed by atoms with Gasteiger partial charge in [-0.2, -0.15) is 5.10 Å². The van der Waals surface area contributed by atoms with Gasteiger partial charge in [-0.05, 0) is 29.3 Å². The van der Waals surface area contributed by atoms with Gasteiger partial charge < -0.3 is 14.4 Å². The Morgan fingerprint density at radius 2 is 2.00 bits per heavy atom. The smallest absolute Gasteiger partial charge is 0.257 e. The molecule has 0 saturated carbocycles. The second-order valence-electron chi connectivity index (χ2n) is 8.84. The van der Waals surface area contributed by atoms with Crippen LogP contribution in [0.25, 0.3) is 0 Å². The monoisotopic (exact) mass is 447 g/mol. The Morgan fingerprint density at radius 3 is 2.70 bits per heavy atom. The molecule has 5 rings (SSSR count). The van der Waals surface area contributed by atoms with E-state index >= 15 is 0 Å². The van der Waals surface area contributed by atoms with Gasteiger partial charge in [0, 0.05) is 69.8 Å². The SMILES string of the molecule is COc1ccc(CN2CCOC3(CN(Cc4cnn(C)c4)CC3c3cccnc3)C2=O)cc1. The summed E-state index contributed by atoms with van der Waals surface area (Å²) in [5, 5.41) is 4.29. The first kappa shape index (κ1) is 21.6. The molecule has 2 aromatic heterocycles. The molecule has 0 N–H and O–H groups in total. The summed E-state index contributed by atoms with van der Waals surface area (Å²) < 4.78 is 13.4. The molecule has 0 bridgehead atoms. The van der Waals surface area contributed by atoms with Crippen molar-refractivity contribution in [3.8, 4) is 5.75 Å². The van der Waals surface area contributed by atoms with Crippen LogP contribution in [0.5, 0.6) is 5.75 Å². The van der Waals surface area contributed by atoms with Gasteiger partial charge in [0.25, 0.3) is 5.91 Å². The molecule has 33 heavy (non-hydrogen) atoms. The number of carbonyl (C=O) groups is 1. The van der Waals surface area contributed by atoms with Crippen molar-refractivity contribution >= 4 is 5.91 Å². The first-order valence-electron chi connectivity index (χ1n) is 11.2. The number of methoxy groups -OCH3 is 1. The second-order valence-corrected chi connectivity index (χ2v) is 8.84. The van der Waals surface area contributed by atoms with Gasteiger partial charge in [-0.3, -0.25) is 19.4 Å². The number of rotatable bonds is 6. The van der Waals surface area contributed by atoms with E-state index in [0.717, 1.165) is 35.5 Å². The molecular weight excluding hydrogens is 418 g/mol. The number of carbonyl (C=O) groups excluding carboxylic acids is 1. The standard InChI is InChI=1S/C25H29N5O3/c1-28-14-20(12-27-28)15-29-17-23(21-4-3-9-26-13-21)25(18-29)24(31)30(10-11-33-25)16-19-5-7-22(32-2)8-6-19/h3-9,12-14,23H,10-11,15-18H2,1-2H3. The summed E-state index contributed by atoms with van der Waals surface area (Å²) in [4.78, 5) is 22.5. The largest absolute Gasteiger partial charge is 0.497 e. The van der Waals surface area contributed by atoms with Crippen LogP contribution in [0.4, 0.5) is 0 Å². The number of benzene rings is 1. The van der Waals surface area contributed by atoms with Crippen molar-refractivity contribution in [2.45, 2.75) is 24.6 Å². The average Bonchev–Trinajstić information content (AvgIpc) is 3.41. The molecule has 0 radical (unpaired) electrons. The maximum atomic E-state index is 14.0. The first-order chi connectivity index (χ1) is 16.1. The number of likely N-dealkylation sites (tertiary alicyclic amines) is 1. The topological polar surface area (TPSA) is 72.7 Å². The van der Waals surface area contributed by atoms with Crippen molar-refractivity contribution in [3.63, 3.8) is 0 Å². The molecule has 8 heteroatoms. The number of hydrogen-bond acceptors (Lipinski definition) is 6. The maximum Gasteiger partial charge on any atom is 0.257 e. The van der Waals surface area contributed by atoms with Gasteiger partial charge in [0.05, 0.1) is 19.9 Å². The van der Waals surface area contributed by atoms with Crippen LogP contribution in [0, 0.1) is 0 Å². The van der Waals surface area contributed by atoms with E-state index in [1.54, 1.807) is 18.0 Å². The Labute approximate surface area is 193 Å². The molecule has 2 saturated heterocycles. The minimum Gasteiger partial charge on any atom is -0.497 e. The van der Waals surface area contributed by atoms with Gasteiger partial charge in [-0.15, -0.1) is 0 Å². The molecule has 1 amide bonds. The predicted molar refractivity (Wildman–Crippen MR) is 123 cm³/mol. The molecule has 172 valence electrons. The van der Waals surface area contributed by atoms with Gasteiger partial charge in [-0.25, -0.2) is 0 Å². The van der Waals surface area contributed by atoms with Crippen molar-refractivity contribution in [2.24, 2.45) is 7.05 Å². The lowest BCUT2D eigenvalue weighted by atomic mass is 9.83. The van der Waals surface area contributed by atoms with Crippen molar-refractivity contribution in [1.82, 2.24) is 24.6 Å². The highest BCUT2D eigenvalue weighted by atomic mass is 16.5. The fourth-order valence-electron chi connectivity index (χ4n) is 5.04. The lowest BCUT2D eigenvalue weighted by Crippen LogP contribution is -2.59. The number of pyridine rings is 1. The second kappa shape index (κ2) is 8.96. The number of aromatic nitrogens is 3. The zero-order chi connectivity index (χ0) is 22.8. The van der Waals surface area contributed by atoms with Crippen molar-refractivity contribution in [1.29, 1.82) is 0 Å². The minimum atomic E-state index is -0.921. The molecule has 8 nitrogen and oxygen atoms in total. The zero-order valence-electron chi connectivity index (χ0n) is 19.1. The van der Waals surface area contributed by atoms with Crippen LogP contribution in [0.1, 0.15) is 22.6 Å². The highest BCUT2D eigenvalue weighted by Gasteiger charge is 2.57. The highest BCUT2D eigenvalue weighted by molar-refractivity contribution is 5.88. The fraction of sp³-hybridized carbons (Fsp3) is 0.400. The van der Waals surface area contributed by atoms with Crippen LogP contribution in [0.15, 0.2) is 61.2 Å². The Bertz CT molecular complexity index is 1100. The minimum absolute atomic E-state index is 0.0482. The van der Waals surface area contributed by atoms with Crippen LogP contribution in [-0.2, 0) is 29.7 Å². The molecule has 1 aromatic carbocycles. The Hall–Kier alpha value is -3.23. The van der Waals surface area contributed by atoms with Crippen LogP contribution in [0.2, 0.25) is 0 Å². The van der Waals surface area contributed by atoms with E-state index in [1.807, 2.05) is 66.9 Å². The van der Waals surface area contributed by atoms with Crippen LogP contribution in [-0.4, -0.2) is 69.4 Å². The summed E-state index contributed by atoms with van der Waals surface area (Å²) in [5.41, 5.74) is 2.31. The molecule has 2 unspecified atom stereocenters. The molecule has 2 atom stereocenters. The zero-order valence-corrected chi connectivity index (χ0v) is 19.1. The van der Waals surface area contributed by atoms with Crippen LogP contribution in [0.3, 0.4) is 0 Å². The Kier molecular flexibility index (Phi) is 5.86. The summed E-state index contributed by atoms with van der Waals surface area (Å²) in [6.45, 7) is 3.63. The Morgan fingerprint density at radius 1 is 1.15 bits per heavy atom. The quantitative estimate of drug-likeness (QED) is 0.577. The van der Waals surface area contributed by atoms with E-state index in [0.29, 0.717) is 26.2 Å². The van der Waals surface area contributed by atoms with Crippen molar-refractivity contribution < 1.29 is 14.3 Å². The van der Waals surface area contributed by atoms with Crippen molar-refractivity contribution in [2.75, 3.05) is 33.4 Å². The number of aryl methyl sites for hydroxylation is 1. The Balaban J connectivity index is 1.42. The lowest BCUT2D eigenvalue weighted by molar-refractivity contribution is -0.173. The third kappa shape index (κ3) is 4.24. The fourth-order valence-corrected chi connectivity index (χ4v) is 5.04. The summed E-state index contributed by atoms with van der Waals surface area (Å²) in [6, 6.07) is 11.9. The molecule has 1 spiro atoms. The van der Waals surface area contributed by atoms with Gasteiger partial charge in [0.15, 0.2) is 5.60 Å². The number of hydrogen-bond donors (Lipinski definition) is 0. The molecule has 4 heterocycles. The maximum absolute atomic E-state index is 14.0. The summed E-state index contributed by atoms with van der Waals surface area (Å²) in [5.74, 6) is 0.767. The first-order valence-corrected chi connectivity index (χ1v) is 11.2. The number of ether oxygens (including phenoxy) is 2. The number of amides is 1. The third-order valence-electron chi connectivity index (χ3n) is 6.62. The van der Waals surface area contributed by atoms with E-state index in [2.05, 4.69) is 15.0 Å². The van der Waals surface area contributed by atoms with E-state index in [-0.39, 0.29) is 11.8 Å². The van der Waals surface area contributed by atoms with E-state index in [1.165, 1.54) is 0 Å². The molecule has 3 aromatic rings. The van der Waals surface area contributed by atoms with E-state index < -0.39 is 5.60 Å². The van der Waals surface area contributed by atoms with Gasteiger partial charge >= 0.3 is 0 Å². The number of nitrogens with zero attached hydrogens (tertiary/aromatic N) is 5. The normalized spacial score (nSPS) is 23.4. The summed E-state index contributed by atoms with van der Waals surface area (Å²) >= 11 is 0. The van der Waals surface area contributed by atoms with Crippen LogP contribution < -0.4 is 4.74 Å². The lowest BCUT2D eigenvalue weighted by Gasteiger charge is -2.42. The van der Waals surface area contributed by atoms with Gasteiger partial charge in [0.1, 0.15) is 5.75 Å². The third-order valence-corrected chi connectivity index (χ3v) is 6.62. The molecule has 2 aliphatic rings. The van der Waals surface area contributed by atoms with E-state index in [4.69, 9.17) is 9.47 Å².